The van der Waals surface area contributed by atoms with E-state index in [4.69, 9.17) is 4.74 Å². The van der Waals surface area contributed by atoms with Crippen molar-refractivity contribution in [1.82, 2.24) is 9.47 Å². The smallest absolute Gasteiger partial charge is 0.250 e. The third-order valence-electron chi connectivity index (χ3n) is 5.93. The van der Waals surface area contributed by atoms with Crippen molar-refractivity contribution in [3.63, 3.8) is 0 Å². The average Bonchev–Trinajstić information content (AvgIpc) is 3.10. The molecule has 0 saturated carbocycles. The molecule has 0 aliphatic carbocycles. The van der Waals surface area contributed by atoms with Crippen molar-refractivity contribution in [3.05, 3.63) is 34.2 Å². The minimum absolute atomic E-state index is 0.0916. The zero-order valence-corrected chi connectivity index (χ0v) is 14.3. The van der Waals surface area contributed by atoms with Gasteiger partial charge in [-0.1, -0.05) is 13.0 Å². The second-order valence-corrected chi connectivity index (χ2v) is 7.73. The third-order valence-corrected chi connectivity index (χ3v) is 5.93. The molecule has 1 aromatic heterocycles. The highest BCUT2D eigenvalue weighted by Crippen LogP contribution is 2.35. The maximum absolute atomic E-state index is 12.8. The number of hydrogen-bond acceptors (Lipinski definition) is 3. The Labute approximate surface area is 142 Å². The molecule has 2 unspecified atom stereocenters. The molecular weight excluding hydrogens is 304 g/mol. The molecule has 3 aliphatic rings. The van der Waals surface area contributed by atoms with Crippen molar-refractivity contribution in [2.24, 2.45) is 11.8 Å². The quantitative estimate of drug-likeness (QED) is 0.852. The summed E-state index contributed by atoms with van der Waals surface area (Å²) >= 11 is 0. The highest BCUT2D eigenvalue weighted by Gasteiger charge is 2.37. The first-order valence-electron chi connectivity index (χ1n) is 9.21. The van der Waals surface area contributed by atoms with Gasteiger partial charge in [-0.3, -0.25) is 9.59 Å². The van der Waals surface area contributed by atoms with Gasteiger partial charge < -0.3 is 14.2 Å². The summed E-state index contributed by atoms with van der Waals surface area (Å²) in [5.41, 5.74) is 1.19. The van der Waals surface area contributed by atoms with E-state index < -0.39 is 0 Å². The second-order valence-electron chi connectivity index (χ2n) is 7.73. The van der Waals surface area contributed by atoms with Crippen LogP contribution in [0.25, 0.3) is 0 Å². The number of piperidine rings is 1. The molecular formula is C19H26N2O3. The Hall–Kier alpha value is -1.62. The summed E-state index contributed by atoms with van der Waals surface area (Å²) in [7, 11) is 0. The summed E-state index contributed by atoms with van der Waals surface area (Å²) < 4.78 is 7.64. The highest BCUT2D eigenvalue weighted by molar-refractivity contribution is 5.76. The fourth-order valence-corrected chi connectivity index (χ4v) is 4.69. The Morgan fingerprint density at radius 1 is 1.33 bits per heavy atom. The molecule has 0 radical (unpaired) electrons. The van der Waals surface area contributed by atoms with E-state index in [1.807, 2.05) is 21.6 Å². The molecule has 0 spiro atoms. The first-order chi connectivity index (χ1) is 11.6. The van der Waals surface area contributed by atoms with E-state index in [2.05, 4.69) is 6.92 Å². The van der Waals surface area contributed by atoms with Gasteiger partial charge in [0.05, 0.1) is 6.10 Å². The minimum Gasteiger partial charge on any atom is -0.378 e. The minimum atomic E-state index is 0.0916. The summed E-state index contributed by atoms with van der Waals surface area (Å²) in [6.45, 7) is 5.25. The Bertz CT molecular complexity index is 677. The molecule has 0 N–H and O–H groups in total. The van der Waals surface area contributed by atoms with E-state index >= 15 is 0 Å². The molecule has 5 heteroatoms. The Morgan fingerprint density at radius 2 is 2.21 bits per heavy atom. The number of aromatic nitrogens is 1. The van der Waals surface area contributed by atoms with Gasteiger partial charge in [0.15, 0.2) is 0 Å². The Balaban J connectivity index is 1.45. The van der Waals surface area contributed by atoms with Crippen LogP contribution in [-0.4, -0.2) is 41.2 Å². The van der Waals surface area contributed by atoms with Gasteiger partial charge in [-0.15, -0.1) is 0 Å². The van der Waals surface area contributed by atoms with Crippen molar-refractivity contribution in [2.45, 2.75) is 51.2 Å². The van der Waals surface area contributed by atoms with E-state index in [1.54, 1.807) is 6.07 Å². The van der Waals surface area contributed by atoms with Crippen molar-refractivity contribution < 1.29 is 9.53 Å². The molecule has 24 heavy (non-hydrogen) atoms. The first kappa shape index (κ1) is 15.9. The van der Waals surface area contributed by atoms with Crippen molar-refractivity contribution in [3.8, 4) is 0 Å². The maximum Gasteiger partial charge on any atom is 0.250 e. The van der Waals surface area contributed by atoms with Crippen LogP contribution in [0.5, 0.6) is 0 Å². The van der Waals surface area contributed by atoms with E-state index in [0.29, 0.717) is 18.3 Å². The van der Waals surface area contributed by atoms with E-state index in [0.717, 1.165) is 51.2 Å². The molecule has 4 heterocycles. The summed E-state index contributed by atoms with van der Waals surface area (Å²) in [5, 5.41) is 0. The molecule has 2 saturated heterocycles. The van der Waals surface area contributed by atoms with Gasteiger partial charge in [-0.25, -0.2) is 0 Å². The topological polar surface area (TPSA) is 51.5 Å². The van der Waals surface area contributed by atoms with Crippen LogP contribution in [-0.2, 0) is 16.1 Å². The largest absolute Gasteiger partial charge is 0.378 e. The first-order valence-corrected chi connectivity index (χ1v) is 9.21. The lowest BCUT2D eigenvalue weighted by Gasteiger charge is -2.43. The zero-order chi connectivity index (χ0) is 16.7. The van der Waals surface area contributed by atoms with Crippen LogP contribution in [0.3, 0.4) is 0 Å². The molecule has 0 aromatic carbocycles. The van der Waals surface area contributed by atoms with Gasteiger partial charge >= 0.3 is 0 Å². The number of nitrogens with zero attached hydrogens (tertiary/aromatic N) is 2. The number of ether oxygens (including phenoxy) is 1. The fraction of sp³-hybridized carbons (Fsp3) is 0.684. The van der Waals surface area contributed by atoms with Crippen LogP contribution in [0.15, 0.2) is 23.0 Å². The number of amides is 1. The lowest BCUT2D eigenvalue weighted by molar-refractivity contribution is -0.135. The monoisotopic (exact) mass is 330 g/mol. The van der Waals surface area contributed by atoms with Crippen molar-refractivity contribution in [1.29, 1.82) is 0 Å². The van der Waals surface area contributed by atoms with Gasteiger partial charge in [-0.2, -0.15) is 0 Å². The summed E-state index contributed by atoms with van der Waals surface area (Å²) in [6.07, 6.45) is 4.11. The predicted octanol–water partition coefficient (Wildman–Crippen LogP) is 2.00. The summed E-state index contributed by atoms with van der Waals surface area (Å²) in [4.78, 5) is 26.9. The lowest BCUT2D eigenvalue weighted by atomic mass is 9.82. The number of likely N-dealkylation sites (tertiary alicyclic amines) is 1. The summed E-state index contributed by atoms with van der Waals surface area (Å²) in [6, 6.07) is 5.52. The highest BCUT2D eigenvalue weighted by atomic mass is 16.5. The van der Waals surface area contributed by atoms with Crippen LogP contribution in [0.2, 0.25) is 0 Å². The van der Waals surface area contributed by atoms with Gasteiger partial charge in [0, 0.05) is 50.3 Å². The van der Waals surface area contributed by atoms with Gasteiger partial charge in [0.2, 0.25) is 5.91 Å². The number of carbonyl (C=O) groups is 1. The lowest BCUT2D eigenvalue weighted by Crippen LogP contribution is -2.49. The van der Waals surface area contributed by atoms with Gasteiger partial charge in [0.25, 0.3) is 5.56 Å². The number of pyridine rings is 1. The van der Waals surface area contributed by atoms with E-state index in [1.165, 1.54) is 0 Å². The Kier molecular flexibility index (Phi) is 4.21. The van der Waals surface area contributed by atoms with Gasteiger partial charge in [-0.05, 0) is 37.2 Å². The SMILES string of the molecule is CC(CC(=O)N1C[C@@H]2C[C@H](C1)c1cccc(=O)n1C2)C1CCCO1. The molecule has 4 atom stereocenters. The predicted molar refractivity (Wildman–Crippen MR) is 90.9 cm³/mol. The molecule has 2 fully saturated rings. The second kappa shape index (κ2) is 6.36. The molecule has 2 bridgehead atoms. The standard InChI is InChI=1S/C19H26N2O3/c1-13(17-5-3-7-24-17)8-19(23)20-10-14-9-15(12-20)16-4-2-6-18(22)21(16)11-14/h2,4,6,13-15,17H,3,5,7-12H2,1H3/t13?,14-,15+,17?/m0/s1. The van der Waals surface area contributed by atoms with E-state index in [9.17, 15) is 9.59 Å². The average molecular weight is 330 g/mol. The fourth-order valence-electron chi connectivity index (χ4n) is 4.69. The molecule has 130 valence electrons. The van der Waals surface area contributed by atoms with Crippen LogP contribution < -0.4 is 5.56 Å². The molecule has 3 aliphatic heterocycles. The zero-order valence-electron chi connectivity index (χ0n) is 14.3. The van der Waals surface area contributed by atoms with Gasteiger partial charge in [0.1, 0.15) is 0 Å². The number of hydrogen-bond donors (Lipinski definition) is 0. The van der Waals surface area contributed by atoms with Crippen molar-refractivity contribution >= 4 is 5.91 Å². The van der Waals surface area contributed by atoms with Crippen LogP contribution >= 0.6 is 0 Å². The molecule has 5 nitrogen and oxygen atoms in total. The number of carbonyl (C=O) groups excluding carboxylic acids is 1. The molecule has 1 amide bonds. The molecule has 4 rings (SSSR count). The maximum atomic E-state index is 12.8. The van der Waals surface area contributed by atoms with Crippen LogP contribution in [0, 0.1) is 11.8 Å². The molecule has 1 aromatic rings. The van der Waals surface area contributed by atoms with E-state index in [-0.39, 0.29) is 23.5 Å². The Morgan fingerprint density at radius 3 is 3.00 bits per heavy atom. The van der Waals surface area contributed by atoms with Crippen molar-refractivity contribution in [2.75, 3.05) is 19.7 Å². The van der Waals surface area contributed by atoms with Crippen LogP contribution in [0.4, 0.5) is 0 Å². The van der Waals surface area contributed by atoms with Crippen LogP contribution in [0.1, 0.15) is 44.2 Å². The third kappa shape index (κ3) is 2.90. The number of rotatable bonds is 3. The normalized spacial score (nSPS) is 30.0. The number of fused-ring (bicyclic) bond motifs is 4. The summed E-state index contributed by atoms with van der Waals surface area (Å²) in [5.74, 6) is 1.24.